The van der Waals surface area contributed by atoms with Crippen molar-refractivity contribution in [2.75, 3.05) is 6.54 Å². The fourth-order valence-electron chi connectivity index (χ4n) is 2.04. The van der Waals surface area contributed by atoms with Gasteiger partial charge in [0.1, 0.15) is 5.56 Å². The number of carbonyl (C=O) groups excluding carboxylic acids is 1. The molecular weight excluding hydrogens is 240 g/mol. The van der Waals surface area contributed by atoms with Gasteiger partial charge < -0.3 is 10.3 Å². The summed E-state index contributed by atoms with van der Waals surface area (Å²) in [5, 5.41) is 2.78. The lowest BCUT2D eigenvalue weighted by Gasteiger charge is -2.09. The van der Waals surface area contributed by atoms with Gasteiger partial charge in [0.25, 0.3) is 11.5 Å². The van der Waals surface area contributed by atoms with Gasteiger partial charge in [0.2, 0.25) is 0 Å². The van der Waals surface area contributed by atoms with Crippen molar-refractivity contribution in [3.63, 3.8) is 0 Å². The fraction of sp³-hybridized carbons (Fsp3) is 0.600. The molecule has 0 aliphatic rings. The van der Waals surface area contributed by atoms with Crippen molar-refractivity contribution in [2.24, 2.45) is 0 Å². The average Bonchev–Trinajstić information content (AvgIpc) is 2.39. The van der Waals surface area contributed by atoms with Gasteiger partial charge in [0, 0.05) is 12.2 Å². The molecule has 4 heteroatoms. The molecule has 0 atom stereocenters. The van der Waals surface area contributed by atoms with Crippen LogP contribution in [0.15, 0.2) is 10.9 Å². The quantitative estimate of drug-likeness (QED) is 0.743. The molecule has 0 saturated carbocycles. The standard InChI is InChI=1S/C15H24N2O2/c1-4-7-9-16-14(18)12-10-11(6-3)13(8-5-2)17-15(12)19/h10H,4-9H2,1-3H3,(H,16,18)(H,17,19). The van der Waals surface area contributed by atoms with E-state index in [2.05, 4.69) is 24.1 Å². The van der Waals surface area contributed by atoms with Crippen LogP contribution in [-0.2, 0) is 12.8 Å². The number of aryl methyl sites for hydroxylation is 2. The summed E-state index contributed by atoms with van der Waals surface area (Å²) in [5.74, 6) is -0.271. The molecule has 2 N–H and O–H groups in total. The molecule has 0 aromatic carbocycles. The molecular formula is C15H24N2O2. The zero-order chi connectivity index (χ0) is 14.3. The van der Waals surface area contributed by atoms with Crippen molar-refractivity contribution in [1.29, 1.82) is 0 Å². The van der Waals surface area contributed by atoms with Crippen molar-refractivity contribution >= 4 is 5.91 Å². The zero-order valence-corrected chi connectivity index (χ0v) is 12.1. The summed E-state index contributed by atoms with van der Waals surface area (Å²) in [7, 11) is 0. The Hall–Kier alpha value is -1.58. The van der Waals surface area contributed by atoms with Gasteiger partial charge in [-0.05, 0) is 30.9 Å². The third-order valence-electron chi connectivity index (χ3n) is 3.16. The SMILES string of the molecule is CCCCNC(=O)c1cc(CC)c(CCC)[nH]c1=O. The Morgan fingerprint density at radius 1 is 1.26 bits per heavy atom. The van der Waals surface area contributed by atoms with Gasteiger partial charge >= 0.3 is 0 Å². The van der Waals surface area contributed by atoms with E-state index < -0.39 is 0 Å². The summed E-state index contributed by atoms with van der Waals surface area (Å²) < 4.78 is 0. The van der Waals surface area contributed by atoms with E-state index in [9.17, 15) is 9.59 Å². The molecule has 0 spiro atoms. The maximum atomic E-state index is 11.9. The maximum absolute atomic E-state index is 11.9. The minimum absolute atomic E-state index is 0.229. The van der Waals surface area contributed by atoms with Crippen LogP contribution in [0.2, 0.25) is 0 Å². The Balaban J connectivity index is 2.95. The van der Waals surface area contributed by atoms with Crippen LogP contribution in [0.1, 0.15) is 61.6 Å². The number of pyridine rings is 1. The van der Waals surface area contributed by atoms with Crippen LogP contribution < -0.4 is 10.9 Å². The van der Waals surface area contributed by atoms with E-state index in [0.717, 1.165) is 43.4 Å². The summed E-state index contributed by atoms with van der Waals surface area (Å²) >= 11 is 0. The van der Waals surface area contributed by atoms with E-state index in [1.165, 1.54) is 0 Å². The molecule has 0 radical (unpaired) electrons. The molecule has 0 unspecified atom stereocenters. The summed E-state index contributed by atoms with van der Waals surface area (Å²) in [5.41, 5.74) is 1.96. The number of aromatic amines is 1. The third kappa shape index (κ3) is 4.23. The van der Waals surface area contributed by atoms with Crippen molar-refractivity contribution in [3.8, 4) is 0 Å². The van der Waals surface area contributed by atoms with Gasteiger partial charge in [0.05, 0.1) is 0 Å². The second-order valence-electron chi connectivity index (χ2n) is 4.73. The number of H-pyrrole nitrogens is 1. The average molecular weight is 264 g/mol. The first-order chi connectivity index (χ1) is 9.13. The van der Waals surface area contributed by atoms with Crippen molar-refractivity contribution < 1.29 is 4.79 Å². The summed E-state index contributed by atoms with van der Waals surface area (Å²) in [6, 6.07) is 1.74. The normalized spacial score (nSPS) is 10.5. The first kappa shape index (κ1) is 15.5. The van der Waals surface area contributed by atoms with E-state index in [4.69, 9.17) is 0 Å². The molecule has 0 fully saturated rings. The highest BCUT2D eigenvalue weighted by atomic mass is 16.2. The van der Waals surface area contributed by atoms with Crippen molar-refractivity contribution in [2.45, 2.75) is 52.9 Å². The van der Waals surface area contributed by atoms with Crippen LogP contribution in [0.3, 0.4) is 0 Å². The highest BCUT2D eigenvalue weighted by molar-refractivity contribution is 5.94. The highest BCUT2D eigenvalue weighted by Crippen LogP contribution is 2.09. The lowest BCUT2D eigenvalue weighted by atomic mass is 10.0. The Bertz CT molecular complexity index is 478. The van der Waals surface area contributed by atoms with Crippen LogP contribution in [0.25, 0.3) is 0 Å². The van der Waals surface area contributed by atoms with E-state index in [1.807, 2.05) is 6.92 Å². The molecule has 0 aliphatic heterocycles. The summed E-state index contributed by atoms with van der Waals surface area (Å²) in [6.45, 7) is 6.79. The predicted octanol–water partition coefficient (Wildman–Crippen LogP) is 2.42. The van der Waals surface area contributed by atoms with Gasteiger partial charge in [-0.25, -0.2) is 0 Å². The molecule has 1 aromatic rings. The van der Waals surface area contributed by atoms with Crippen LogP contribution in [0.5, 0.6) is 0 Å². The van der Waals surface area contributed by atoms with Crippen LogP contribution in [-0.4, -0.2) is 17.4 Å². The minimum atomic E-state index is -0.283. The van der Waals surface area contributed by atoms with Crippen LogP contribution in [0, 0.1) is 0 Å². The number of aromatic nitrogens is 1. The fourth-order valence-corrected chi connectivity index (χ4v) is 2.04. The molecule has 1 aromatic heterocycles. The van der Waals surface area contributed by atoms with Gasteiger partial charge in [-0.1, -0.05) is 33.6 Å². The predicted molar refractivity (Wildman–Crippen MR) is 77.7 cm³/mol. The Kier molecular flexibility index (Phi) is 6.33. The first-order valence-corrected chi connectivity index (χ1v) is 7.17. The van der Waals surface area contributed by atoms with E-state index in [1.54, 1.807) is 6.07 Å². The molecule has 4 nitrogen and oxygen atoms in total. The number of nitrogens with one attached hydrogen (secondary N) is 2. The monoisotopic (exact) mass is 264 g/mol. The molecule has 1 amide bonds. The Morgan fingerprint density at radius 3 is 2.58 bits per heavy atom. The molecule has 0 saturated heterocycles. The zero-order valence-electron chi connectivity index (χ0n) is 12.1. The van der Waals surface area contributed by atoms with E-state index in [0.29, 0.717) is 6.54 Å². The minimum Gasteiger partial charge on any atom is -0.352 e. The largest absolute Gasteiger partial charge is 0.352 e. The second kappa shape index (κ2) is 7.77. The number of carbonyl (C=O) groups is 1. The number of unbranched alkanes of at least 4 members (excludes halogenated alkanes) is 1. The molecule has 0 bridgehead atoms. The second-order valence-corrected chi connectivity index (χ2v) is 4.73. The lowest BCUT2D eigenvalue weighted by molar-refractivity contribution is 0.0951. The third-order valence-corrected chi connectivity index (χ3v) is 3.16. The maximum Gasteiger partial charge on any atom is 0.261 e. The molecule has 0 aliphatic carbocycles. The first-order valence-electron chi connectivity index (χ1n) is 7.17. The Morgan fingerprint density at radius 2 is 2.00 bits per heavy atom. The molecule has 1 heterocycles. The van der Waals surface area contributed by atoms with Gasteiger partial charge in [0.15, 0.2) is 0 Å². The number of hydrogen-bond donors (Lipinski definition) is 2. The molecule has 19 heavy (non-hydrogen) atoms. The van der Waals surface area contributed by atoms with Gasteiger partial charge in [-0.2, -0.15) is 0 Å². The topological polar surface area (TPSA) is 62.0 Å². The summed E-state index contributed by atoms with van der Waals surface area (Å²) in [6.07, 6.45) is 4.59. The number of hydrogen-bond acceptors (Lipinski definition) is 2. The molecule has 1 rings (SSSR count). The highest BCUT2D eigenvalue weighted by Gasteiger charge is 2.13. The van der Waals surface area contributed by atoms with Crippen LogP contribution >= 0.6 is 0 Å². The van der Waals surface area contributed by atoms with E-state index >= 15 is 0 Å². The van der Waals surface area contributed by atoms with Crippen molar-refractivity contribution in [3.05, 3.63) is 33.2 Å². The number of rotatable bonds is 7. The van der Waals surface area contributed by atoms with Crippen molar-refractivity contribution in [1.82, 2.24) is 10.3 Å². The van der Waals surface area contributed by atoms with Gasteiger partial charge in [-0.3, -0.25) is 9.59 Å². The van der Waals surface area contributed by atoms with Crippen LogP contribution in [0.4, 0.5) is 0 Å². The number of amides is 1. The molecule has 106 valence electrons. The van der Waals surface area contributed by atoms with E-state index in [-0.39, 0.29) is 17.0 Å². The van der Waals surface area contributed by atoms with Gasteiger partial charge in [-0.15, -0.1) is 0 Å². The summed E-state index contributed by atoms with van der Waals surface area (Å²) in [4.78, 5) is 26.7. The lowest BCUT2D eigenvalue weighted by Crippen LogP contribution is -2.31. The Labute approximate surface area is 114 Å². The smallest absolute Gasteiger partial charge is 0.261 e.